The van der Waals surface area contributed by atoms with Crippen molar-refractivity contribution in [1.82, 2.24) is 0 Å². The summed E-state index contributed by atoms with van der Waals surface area (Å²) in [5, 5.41) is 10.1. The summed E-state index contributed by atoms with van der Waals surface area (Å²) in [6, 6.07) is 0.0948. The van der Waals surface area contributed by atoms with Gasteiger partial charge in [0.15, 0.2) is 0 Å². The first-order valence-corrected chi connectivity index (χ1v) is 13.7. The highest BCUT2D eigenvalue weighted by atomic mass is 16.5. The highest BCUT2D eigenvalue weighted by Crippen LogP contribution is 2.60. The minimum atomic E-state index is -0.536. The average Bonchev–Trinajstić information content (AvgIpc) is 3.08. The Labute approximate surface area is 203 Å². The molecular weight excluding hydrogens is 406 g/mol. The van der Waals surface area contributed by atoms with Gasteiger partial charge in [-0.05, 0) is 107 Å². The Hall–Kier alpha value is -0.900. The van der Waals surface area contributed by atoms with Crippen molar-refractivity contribution >= 4 is 0 Å². The molecule has 0 aromatic rings. The van der Waals surface area contributed by atoms with Gasteiger partial charge in [0.1, 0.15) is 0 Å². The molecule has 0 aliphatic heterocycles. The van der Waals surface area contributed by atoms with Crippen molar-refractivity contribution in [2.75, 3.05) is 6.61 Å². The van der Waals surface area contributed by atoms with E-state index in [9.17, 15) is 5.11 Å². The number of aliphatic hydroxyl groups is 1. The standard InChI is InChI=1S/C30H51NO2/c1-21-11-14-26(33-20-23(3)31)19-25(21)13-12-24-10-8-18-30(6)27(15-16-28(24)30)22(2)9-7-17-29(4,5)32/h12-13,22-23,26-28,32H,1,7-11,14-20,31H2,2-6H3/b24-12+,25-13-/t22-,23?,26+,27-,28?,30-/m1/s1. The molecule has 33 heavy (non-hydrogen) atoms. The molecule has 3 rings (SSSR count). The molecule has 2 unspecified atom stereocenters. The molecule has 3 aliphatic rings. The van der Waals surface area contributed by atoms with E-state index in [1.807, 2.05) is 20.8 Å². The van der Waals surface area contributed by atoms with Crippen LogP contribution in [-0.4, -0.2) is 29.5 Å². The Bertz CT molecular complexity index is 728. The quantitative estimate of drug-likeness (QED) is 0.388. The van der Waals surface area contributed by atoms with E-state index < -0.39 is 5.60 Å². The number of hydrogen-bond donors (Lipinski definition) is 2. The summed E-state index contributed by atoms with van der Waals surface area (Å²) >= 11 is 0. The van der Waals surface area contributed by atoms with Crippen LogP contribution in [0.25, 0.3) is 0 Å². The molecule has 3 aliphatic carbocycles. The van der Waals surface area contributed by atoms with Gasteiger partial charge in [0.25, 0.3) is 0 Å². The zero-order valence-corrected chi connectivity index (χ0v) is 22.2. The van der Waals surface area contributed by atoms with Crippen molar-refractivity contribution < 1.29 is 9.84 Å². The van der Waals surface area contributed by atoms with Crippen LogP contribution in [0, 0.1) is 23.2 Å². The third-order valence-electron chi connectivity index (χ3n) is 8.94. The molecule has 6 atom stereocenters. The Kier molecular flexibility index (Phi) is 9.08. The van der Waals surface area contributed by atoms with Crippen LogP contribution in [-0.2, 0) is 4.74 Å². The lowest BCUT2D eigenvalue weighted by molar-refractivity contribution is 0.0378. The number of rotatable bonds is 9. The largest absolute Gasteiger partial charge is 0.390 e. The van der Waals surface area contributed by atoms with Crippen LogP contribution in [0.5, 0.6) is 0 Å². The Balaban J connectivity index is 1.66. The van der Waals surface area contributed by atoms with Crippen LogP contribution in [0.3, 0.4) is 0 Å². The van der Waals surface area contributed by atoms with E-state index in [-0.39, 0.29) is 12.1 Å². The second-order valence-corrected chi connectivity index (χ2v) is 12.5. The van der Waals surface area contributed by atoms with Gasteiger partial charge in [0.05, 0.1) is 18.3 Å². The predicted octanol–water partition coefficient (Wildman–Crippen LogP) is 7.11. The van der Waals surface area contributed by atoms with Gasteiger partial charge < -0.3 is 15.6 Å². The fourth-order valence-corrected chi connectivity index (χ4v) is 7.08. The van der Waals surface area contributed by atoms with Crippen molar-refractivity contribution in [3.05, 3.63) is 35.5 Å². The average molecular weight is 458 g/mol. The molecule has 0 spiro atoms. The van der Waals surface area contributed by atoms with Crippen LogP contribution < -0.4 is 5.73 Å². The zero-order valence-electron chi connectivity index (χ0n) is 22.2. The van der Waals surface area contributed by atoms with Crippen molar-refractivity contribution in [1.29, 1.82) is 0 Å². The lowest BCUT2D eigenvalue weighted by Crippen LogP contribution is -2.36. The summed E-state index contributed by atoms with van der Waals surface area (Å²) in [5.41, 5.74) is 10.1. The summed E-state index contributed by atoms with van der Waals surface area (Å²) in [6.07, 6.45) is 18.1. The molecule has 3 fully saturated rings. The maximum absolute atomic E-state index is 10.1. The molecule has 3 heteroatoms. The third-order valence-corrected chi connectivity index (χ3v) is 8.94. The number of hydrogen-bond acceptors (Lipinski definition) is 3. The molecule has 188 valence electrons. The predicted molar refractivity (Wildman–Crippen MR) is 140 cm³/mol. The van der Waals surface area contributed by atoms with Gasteiger partial charge in [-0.3, -0.25) is 0 Å². The molecule has 3 saturated carbocycles. The van der Waals surface area contributed by atoms with Crippen LogP contribution in [0.2, 0.25) is 0 Å². The monoisotopic (exact) mass is 457 g/mol. The van der Waals surface area contributed by atoms with E-state index in [1.54, 1.807) is 5.57 Å². The number of allylic oxidation sites excluding steroid dienone is 4. The lowest BCUT2D eigenvalue weighted by Gasteiger charge is -2.44. The van der Waals surface area contributed by atoms with Crippen molar-refractivity contribution in [2.45, 2.75) is 123 Å². The molecule has 0 saturated heterocycles. The first kappa shape index (κ1) is 26.7. The van der Waals surface area contributed by atoms with E-state index in [0.29, 0.717) is 12.0 Å². The molecule has 3 nitrogen and oxygen atoms in total. The van der Waals surface area contributed by atoms with Crippen molar-refractivity contribution in [3.8, 4) is 0 Å². The van der Waals surface area contributed by atoms with Gasteiger partial charge in [0.2, 0.25) is 0 Å². The van der Waals surface area contributed by atoms with Gasteiger partial charge in [-0.2, -0.15) is 0 Å². The summed E-state index contributed by atoms with van der Waals surface area (Å²) in [4.78, 5) is 0. The molecule has 3 N–H and O–H groups in total. The molecule has 0 heterocycles. The van der Waals surface area contributed by atoms with Gasteiger partial charge >= 0.3 is 0 Å². The Morgan fingerprint density at radius 1 is 1.21 bits per heavy atom. The smallest absolute Gasteiger partial charge is 0.0619 e. The van der Waals surface area contributed by atoms with E-state index in [4.69, 9.17) is 10.5 Å². The summed E-state index contributed by atoms with van der Waals surface area (Å²) in [6.45, 7) is 15.9. The van der Waals surface area contributed by atoms with E-state index in [0.717, 1.165) is 49.9 Å². The third kappa shape index (κ3) is 7.05. The lowest BCUT2D eigenvalue weighted by atomic mass is 9.60. The van der Waals surface area contributed by atoms with Crippen LogP contribution >= 0.6 is 0 Å². The number of nitrogens with two attached hydrogens (primary N) is 1. The molecular formula is C30H51NO2. The zero-order chi connectivity index (χ0) is 24.2. The summed E-state index contributed by atoms with van der Waals surface area (Å²) in [5.74, 6) is 2.27. The second-order valence-electron chi connectivity index (χ2n) is 12.5. The highest BCUT2D eigenvalue weighted by Gasteiger charge is 2.50. The Morgan fingerprint density at radius 3 is 2.67 bits per heavy atom. The maximum atomic E-state index is 10.1. The maximum Gasteiger partial charge on any atom is 0.0619 e. The molecule has 0 radical (unpaired) electrons. The minimum absolute atomic E-state index is 0.0948. The SMILES string of the molecule is C=C1CC[C@H](OCC(C)N)C/C1=C/C=C1\CCC[C@@]2(C)C1CC[C@@H]2[C@H](C)CCCC(C)(C)O. The van der Waals surface area contributed by atoms with Crippen LogP contribution in [0.15, 0.2) is 35.5 Å². The highest BCUT2D eigenvalue weighted by molar-refractivity contribution is 5.36. The summed E-state index contributed by atoms with van der Waals surface area (Å²) in [7, 11) is 0. The molecule has 0 aromatic heterocycles. The summed E-state index contributed by atoms with van der Waals surface area (Å²) < 4.78 is 6.05. The van der Waals surface area contributed by atoms with Gasteiger partial charge in [-0.1, -0.05) is 56.6 Å². The fraction of sp³-hybridized carbons (Fsp3) is 0.800. The Morgan fingerprint density at radius 2 is 1.97 bits per heavy atom. The number of ether oxygens (including phenoxy) is 1. The molecule has 0 aromatic carbocycles. The number of fused-ring (bicyclic) bond motifs is 1. The van der Waals surface area contributed by atoms with Gasteiger partial charge in [-0.15, -0.1) is 0 Å². The normalized spacial score (nSPS) is 35.1. The second kappa shape index (κ2) is 11.2. The van der Waals surface area contributed by atoms with Gasteiger partial charge in [-0.25, -0.2) is 0 Å². The minimum Gasteiger partial charge on any atom is -0.390 e. The van der Waals surface area contributed by atoms with Crippen molar-refractivity contribution in [2.24, 2.45) is 28.9 Å². The van der Waals surface area contributed by atoms with Crippen LogP contribution in [0.1, 0.15) is 105 Å². The molecule has 0 bridgehead atoms. The van der Waals surface area contributed by atoms with E-state index in [2.05, 4.69) is 32.6 Å². The first-order chi connectivity index (χ1) is 15.5. The van der Waals surface area contributed by atoms with E-state index in [1.165, 1.54) is 49.7 Å². The fourth-order valence-electron chi connectivity index (χ4n) is 7.08. The van der Waals surface area contributed by atoms with Gasteiger partial charge in [0, 0.05) is 6.04 Å². The topological polar surface area (TPSA) is 55.5 Å². The van der Waals surface area contributed by atoms with Crippen molar-refractivity contribution in [3.63, 3.8) is 0 Å². The van der Waals surface area contributed by atoms with Crippen LogP contribution in [0.4, 0.5) is 0 Å². The first-order valence-electron chi connectivity index (χ1n) is 13.7. The van der Waals surface area contributed by atoms with E-state index >= 15 is 0 Å². The molecule has 0 amide bonds.